The Hall–Kier alpha value is 0.340. The van der Waals surface area contributed by atoms with Gasteiger partial charge in [-0.25, -0.2) is 3.97 Å². The Kier molecular flexibility index (Phi) is 16.1. The molecule has 0 spiro atoms. The van der Waals surface area contributed by atoms with Gasteiger partial charge in [0.25, 0.3) is 10.1 Å². The van der Waals surface area contributed by atoms with Gasteiger partial charge in [-0.2, -0.15) is 8.42 Å². The van der Waals surface area contributed by atoms with E-state index in [1.54, 1.807) is 0 Å². The molecular weight excluding hydrogens is 327 g/mol. The van der Waals surface area contributed by atoms with Crippen molar-refractivity contribution < 1.29 is 12.4 Å². The van der Waals surface area contributed by atoms with Crippen LogP contribution in [0.4, 0.5) is 0 Å². The summed E-state index contributed by atoms with van der Waals surface area (Å²) in [6.07, 6.45) is 16.0. The third-order valence-corrected chi connectivity index (χ3v) is 8.35. The topological polar surface area (TPSA) is 43.4 Å². The monoisotopic (exact) mass is 366 g/mol. The lowest BCUT2D eigenvalue weighted by Crippen LogP contribution is -2.10. The van der Waals surface area contributed by atoms with E-state index in [0.717, 1.165) is 44.4 Å². The van der Waals surface area contributed by atoms with Crippen molar-refractivity contribution in [3.8, 4) is 0 Å². The van der Waals surface area contributed by atoms with Gasteiger partial charge >= 0.3 is 0 Å². The zero-order valence-corrected chi connectivity index (χ0v) is 17.4. The van der Waals surface area contributed by atoms with E-state index >= 15 is 0 Å². The highest BCUT2D eigenvalue weighted by molar-refractivity contribution is 7.90. The molecule has 5 heteroatoms. The van der Waals surface area contributed by atoms with Crippen molar-refractivity contribution >= 4 is 18.3 Å². The zero-order valence-electron chi connectivity index (χ0n) is 15.7. The normalized spacial score (nSPS) is 12.2. The van der Waals surface area contributed by atoms with Gasteiger partial charge < -0.3 is 0 Å². The second-order valence-corrected chi connectivity index (χ2v) is 10.4. The van der Waals surface area contributed by atoms with Gasteiger partial charge in [-0.05, 0) is 18.7 Å². The van der Waals surface area contributed by atoms with E-state index in [2.05, 4.69) is 20.8 Å². The van der Waals surface area contributed by atoms with Crippen LogP contribution in [0, 0.1) is 0 Å². The second kappa shape index (κ2) is 15.8. The van der Waals surface area contributed by atoms with Crippen LogP contribution in [0.5, 0.6) is 0 Å². The summed E-state index contributed by atoms with van der Waals surface area (Å²) in [5.41, 5.74) is 0. The van der Waals surface area contributed by atoms with Crippen LogP contribution >= 0.6 is 8.15 Å². The first-order chi connectivity index (χ1) is 11.1. The van der Waals surface area contributed by atoms with Gasteiger partial charge in [0.05, 0.1) is 13.9 Å². The molecule has 0 radical (unpaired) electrons. The lowest BCUT2D eigenvalue weighted by atomic mass is 10.1. The maximum absolute atomic E-state index is 12.0. The minimum absolute atomic E-state index is 0.204. The van der Waals surface area contributed by atoms with Gasteiger partial charge in [0.2, 0.25) is 0 Å². The van der Waals surface area contributed by atoms with Crippen molar-refractivity contribution in [1.29, 1.82) is 0 Å². The first kappa shape index (κ1) is 23.3. The molecule has 0 saturated carbocycles. The van der Waals surface area contributed by atoms with Crippen molar-refractivity contribution in [2.45, 2.75) is 97.8 Å². The number of hydrogen-bond donors (Lipinski definition) is 0. The van der Waals surface area contributed by atoms with Crippen molar-refractivity contribution in [2.75, 3.05) is 18.1 Å². The number of rotatable bonds is 17. The molecule has 0 unspecified atom stereocenters. The average molecular weight is 367 g/mol. The van der Waals surface area contributed by atoms with E-state index in [9.17, 15) is 8.42 Å². The smallest absolute Gasteiger partial charge is 0.248 e. The Balaban J connectivity index is 3.65. The van der Waals surface area contributed by atoms with Crippen LogP contribution < -0.4 is 0 Å². The van der Waals surface area contributed by atoms with Gasteiger partial charge in [0, 0.05) is 0 Å². The third kappa shape index (κ3) is 15.6. The molecule has 0 fully saturated rings. The molecule has 0 N–H and O–H groups in total. The lowest BCUT2D eigenvalue weighted by Gasteiger charge is -2.15. The SMILES string of the molecule is CCCCCCCCCCCCS(=O)(=O)OP(CCC)CCC. The zero-order chi connectivity index (χ0) is 17.4. The first-order valence-electron chi connectivity index (χ1n) is 9.73. The summed E-state index contributed by atoms with van der Waals surface area (Å²) in [5.74, 6) is 0.204. The Morgan fingerprint density at radius 1 is 0.652 bits per heavy atom. The first-order valence-corrected chi connectivity index (χ1v) is 12.9. The summed E-state index contributed by atoms with van der Waals surface area (Å²) < 4.78 is 29.5. The third-order valence-electron chi connectivity index (χ3n) is 3.91. The van der Waals surface area contributed by atoms with E-state index in [-0.39, 0.29) is 5.75 Å². The minimum atomic E-state index is -3.30. The summed E-state index contributed by atoms with van der Waals surface area (Å²) in [4.78, 5) is 0. The van der Waals surface area contributed by atoms with Gasteiger partial charge in [-0.3, -0.25) is 0 Å². The molecular formula is C18H39O3PS. The van der Waals surface area contributed by atoms with Gasteiger partial charge in [0.1, 0.15) is 0 Å². The van der Waals surface area contributed by atoms with Crippen LogP contribution in [0.25, 0.3) is 0 Å². The van der Waals surface area contributed by atoms with Gasteiger partial charge in [-0.1, -0.05) is 91.4 Å². The molecule has 0 bridgehead atoms. The van der Waals surface area contributed by atoms with Gasteiger partial charge in [-0.15, -0.1) is 0 Å². The predicted octanol–water partition coefficient (Wildman–Crippen LogP) is 6.47. The average Bonchev–Trinajstić information content (AvgIpc) is 2.49. The second-order valence-electron chi connectivity index (χ2n) is 6.45. The number of unbranched alkanes of at least 4 members (excludes halogenated alkanes) is 9. The molecule has 0 heterocycles. The van der Waals surface area contributed by atoms with E-state index in [4.69, 9.17) is 3.97 Å². The fourth-order valence-electron chi connectivity index (χ4n) is 2.65. The van der Waals surface area contributed by atoms with Crippen molar-refractivity contribution in [3.05, 3.63) is 0 Å². The molecule has 0 aromatic rings. The molecule has 0 atom stereocenters. The van der Waals surface area contributed by atoms with Crippen LogP contribution in [0.2, 0.25) is 0 Å². The highest BCUT2D eigenvalue weighted by Gasteiger charge is 2.18. The van der Waals surface area contributed by atoms with E-state index in [1.807, 2.05) is 0 Å². The molecule has 23 heavy (non-hydrogen) atoms. The molecule has 0 aromatic carbocycles. The molecule has 0 aliphatic rings. The Morgan fingerprint density at radius 3 is 1.52 bits per heavy atom. The summed E-state index contributed by atoms with van der Waals surface area (Å²) in [6, 6.07) is 0. The molecule has 0 aromatic heterocycles. The maximum Gasteiger partial charge on any atom is 0.270 e. The molecule has 0 aliphatic heterocycles. The van der Waals surface area contributed by atoms with Crippen LogP contribution in [0.3, 0.4) is 0 Å². The summed E-state index contributed by atoms with van der Waals surface area (Å²) in [6.45, 7) is 6.41. The minimum Gasteiger partial charge on any atom is -0.248 e. The maximum atomic E-state index is 12.0. The van der Waals surface area contributed by atoms with Crippen molar-refractivity contribution in [1.82, 2.24) is 0 Å². The lowest BCUT2D eigenvalue weighted by molar-refractivity contribution is 0.500. The van der Waals surface area contributed by atoms with Crippen LogP contribution in [0.1, 0.15) is 97.8 Å². The summed E-state index contributed by atoms with van der Waals surface area (Å²) >= 11 is 0. The van der Waals surface area contributed by atoms with Crippen molar-refractivity contribution in [2.24, 2.45) is 0 Å². The predicted molar refractivity (Wildman–Crippen MR) is 104 cm³/mol. The molecule has 140 valence electrons. The van der Waals surface area contributed by atoms with E-state index in [0.29, 0.717) is 0 Å². The van der Waals surface area contributed by atoms with Crippen molar-refractivity contribution in [3.63, 3.8) is 0 Å². The quantitative estimate of drug-likeness (QED) is 0.219. The fourth-order valence-corrected chi connectivity index (χ4v) is 6.61. The fraction of sp³-hybridized carbons (Fsp3) is 1.00. The molecule has 3 nitrogen and oxygen atoms in total. The molecule has 0 rings (SSSR count). The molecule has 0 aliphatic carbocycles. The highest BCUT2D eigenvalue weighted by Crippen LogP contribution is 2.40. The highest BCUT2D eigenvalue weighted by atomic mass is 32.2. The summed E-state index contributed by atoms with van der Waals surface area (Å²) in [5, 5.41) is 0. The van der Waals surface area contributed by atoms with Crippen LogP contribution in [0.15, 0.2) is 0 Å². The summed E-state index contributed by atoms with van der Waals surface area (Å²) in [7, 11) is -4.08. The molecule has 0 amide bonds. The van der Waals surface area contributed by atoms with Crippen LogP contribution in [-0.4, -0.2) is 26.5 Å². The van der Waals surface area contributed by atoms with Crippen LogP contribution in [-0.2, 0) is 14.1 Å². The molecule has 0 saturated heterocycles. The van der Waals surface area contributed by atoms with E-state index in [1.165, 1.54) is 44.9 Å². The Labute approximate surface area is 146 Å². The van der Waals surface area contributed by atoms with E-state index < -0.39 is 18.3 Å². The van der Waals surface area contributed by atoms with Gasteiger partial charge in [0.15, 0.2) is 0 Å². The standard InChI is InChI=1S/C18H39O3PS/c1-4-7-8-9-10-11-12-13-14-15-18-23(19,20)21-22(16-5-2)17-6-3/h4-18H2,1-3H3. The Morgan fingerprint density at radius 2 is 1.09 bits per heavy atom. The Bertz CT molecular complexity index is 338. The largest absolute Gasteiger partial charge is 0.270 e. The number of hydrogen-bond acceptors (Lipinski definition) is 3.